The Morgan fingerprint density at radius 3 is 2.44 bits per heavy atom. The van der Waals surface area contributed by atoms with Gasteiger partial charge in [-0.1, -0.05) is 51.7 Å². The number of carbonyl (C=O) groups is 2. The molecule has 1 amide bonds. The predicted octanol–water partition coefficient (Wildman–Crippen LogP) is 5.93. The normalized spacial score (nSPS) is 13.9. The Balaban J connectivity index is 0.000000254. The van der Waals surface area contributed by atoms with Crippen LogP contribution in [0.15, 0.2) is 36.4 Å². The van der Waals surface area contributed by atoms with Crippen molar-refractivity contribution >= 4 is 28.9 Å². The van der Waals surface area contributed by atoms with Gasteiger partial charge in [0.1, 0.15) is 11.5 Å². The van der Waals surface area contributed by atoms with Gasteiger partial charge in [0.25, 0.3) is 0 Å². The molecule has 1 aromatic heterocycles. The molecular formula is C29H43NO5S. The lowest BCUT2D eigenvalue weighted by Crippen LogP contribution is -2.23. The molecule has 1 fully saturated rings. The summed E-state index contributed by atoms with van der Waals surface area (Å²) in [7, 11) is 0. The zero-order valence-electron chi connectivity index (χ0n) is 21.9. The molecule has 0 saturated carbocycles. The van der Waals surface area contributed by atoms with E-state index < -0.39 is 6.10 Å². The Bertz CT molecular complexity index is 895. The largest absolute Gasteiger partial charge is 0.459 e. The van der Waals surface area contributed by atoms with Gasteiger partial charge in [-0.25, -0.2) is 4.79 Å². The molecule has 2 aromatic rings. The first-order chi connectivity index (χ1) is 17.5. The third-order valence-electron chi connectivity index (χ3n) is 6.10. The number of hydrogen-bond donors (Lipinski definition) is 2. The Kier molecular flexibility index (Phi) is 14.4. The summed E-state index contributed by atoms with van der Waals surface area (Å²) in [4.78, 5) is 26.9. The Morgan fingerprint density at radius 2 is 1.81 bits per heavy atom. The van der Waals surface area contributed by atoms with Crippen molar-refractivity contribution in [1.29, 1.82) is 0 Å². The van der Waals surface area contributed by atoms with Crippen LogP contribution in [0.2, 0.25) is 0 Å². The Hall–Kier alpha value is -2.22. The van der Waals surface area contributed by atoms with Crippen LogP contribution in [-0.2, 0) is 22.4 Å². The number of amides is 1. The van der Waals surface area contributed by atoms with E-state index in [0.29, 0.717) is 24.1 Å². The fourth-order valence-electron chi connectivity index (χ4n) is 4.04. The first kappa shape index (κ1) is 30.0. The minimum atomic E-state index is -0.698. The lowest BCUT2D eigenvalue weighted by Gasteiger charge is -2.15. The number of unbranched alkanes of at least 4 members (excludes halogenated alkanes) is 3. The van der Waals surface area contributed by atoms with Gasteiger partial charge in [-0.15, -0.1) is 11.3 Å². The molecule has 0 aliphatic carbocycles. The molecule has 0 bridgehead atoms. The average Bonchev–Trinajstić information content (AvgIpc) is 3.54. The number of carbonyl (C=O) groups excluding carboxylic acids is 2. The summed E-state index contributed by atoms with van der Waals surface area (Å²) in [5.41, 5.74) is 2.45. The number of rotatable bonds is 14. The van der Waals surface area contributed by atoms with Crippen LogP contribution in [0, 0.1) is 0 Å². The number of benzene rings is 1. The zero-order chi connectivity index (χ0) is 26.2. The molecule has 1 atom stereocenters. The number of ether oxygens (including phenoxy) is 1. The van der Waals surface area contributed by atoms with Crippen LogP contribution in [-0.4, -0.2) is 48.0 Å². The van der Waals surface area contributed by atoms with E-state index in [1.807, 2.05) is 11.0 Å². The molecule has 200 valence electrons. The predicted molar refractivity (Wildman–Crippen MR) is 147 cm³/mol. The van der Waals surface area contributed by atoms with Crippen molar-refractivity contribution in [2.24, 2.45) is 0 Å². The molecule has 1 aromatic carbocycles. The van der Waals surface area contributed by atoms with Crippen LogP contribution in [0.4, 0.5) is 5.69 Å². The first-order valence-corrected chi connectivity index (χ1v) is 14.2. The smallest absolute Gasteiger partial charge is 0.348 e. The highest BCUT2D eigenvalue weighted by atomic mass is 32.1. The van der Waals surface area contributed by atoms with E-state index in [0.717, 1.165) is 37.9 Å². The van der Waals surface area contributed by atoms with Gasteiger partial charge in [-0.3, -0.25) is 4.79 Å². The van der Waals surface area contributed by atoms with Crippen LogP contribution >= 0.6 is 11.3 Å². The summed E-state index contributed by atoms with van der Waals surface area (Å²) in [6.07, 6.45) is 10.4. The molecule has 0 radical (unpaired) electrons. The summed E-state index contributed by atoms with van der Waals surface area (Å²) in [6.45, 7) is 5.24. The van der Waals surface area contributed by atoms with Gasteiger partial charge in [-0.2, -0.15) is 0 Å². The van der Waals surface area contributed by atoms with Crippen molar-refractivity contribution in [2.45, 2.75) is 90.6 Å². The molecule has 3 rings (SSSR count). The molecule has 1 saturated heterocycles. The molecule has 36 heavy (non-hydrogen) atoms. The highest BCUT2D eigenvalue weighted by molar-refractivity contribution is 7.13. The first-order valence-electron chi connectivity index (χ1n) is 13.4. The quantitative estimate of drug-likeness (QED) is 0.240. The third-order valence-corrected chi connectivity index (χ3v) is 7.23. The molecule has 7 heteroatoms. The summed E-state index contributed by atoms with van der Waals surface area (Å²) < 4.78 is 5.02. The maximum Gasteiger partial charge on any atom is 0.348 e. The minimum Gasteiger partial charge on any atom is -0.459 e. The van der Waals surface area contributed by atoms with Crippen molar-refractivity contribution < 1.29 is 24.5 Å². The lowest BCUT2D eigenvalue weighted by atomic mass is 10.1. The number of thiophene rings is 1. The molecule has 2 heterocycles. The van der Waals surface area contributed by atoms with Crippen LogP contribution in [0.25, 0.3) is 0 Å². The fourth-order valence-corrected chi connectivity index (χ4v) is 5.04. The summed E-state index contributed by atoms with van der Waals surface area (Å²) >= 11 is 1.44. The van der Waals surface area contributed by atoms with Crippen molar-refractivity contribution in [2.75, 3.05) is 24.7 Å². The number of anilines is 1. The monoisotopic (exact) mass is 517 g/mol. The molecule has 1 unspecified atom stereocenters. The molecule has 0 spiro atoms. The van der Waals surface area contributed by atoms with E-state index >= 15 is 0 Å². The van der Waals surface area contributed by atoms with E-state index in [1.165, 1.54) is 47.5 Å². The number of hydrogen-bond acceptors (Lipinski definition) is 6. The third kappa shape index (κ3) is 10.8. The van der Waals surface area contributed by atoms with E-state index in [4.69, 9.17) is 9.84 Å². The van der Waals surface area contributed by atoms with E-state index in [9.17, 15) is 14.7 Å². The van der Waals surface area contributed by atoms with Crippen LogP contribution in [0.1, 0.15) is 91.7 Å². The second-order valence-electron chi connectivity index (χ2n) is 9.26. The van der Waals surface area contributed by atoms with Crippen molar-refractivity contribution in [3.05, 3.63) is 51.7 Å². The van der Waals surface area contributed by atoms with Crippen LogP contribution in [0.3, 0.4) is 0 Å². The van der Waals surface area contributed by atoms with Gasteiger partial charge in [0.05, 0.1) is 6.10 Å². The van der Waals surface area contributed by atoms with Crippen LogP contribution < -0.4 is 4.90 Å². The Morgan fingerprint density at radius 1 is 1.03 bits per heavy atom. The maximum absolute atomic E-state index is 11.7. The highest BCUT2D eigenvalue weighted by Gasteiger charge is 2.21. The van der Waals surface area contributed by atoms with E-state index in [-0.39, 0.29) is 25.1 Å². The molecular weight excluding hydrogens is 474 g/mol. The summed E-state index contributed by atoms with van der Waals surface area (Å²) in [5, 5.41) is 18.1. The number of nitrogens with zero attached hydrogens (tertiary/aromatic N) is 1. The zero-order valence-corrected chi connectivity index (χ0v) is 22.7. The molecule has 2 N–H and O–H groups in total. The van der Waals surface area contributed by atoms with Gasteiger partial charge in [0.2, 0.25) is 5.91 Å². The summed E-state index contributed by atoms with van der Waals surface area (Å²) in [5.74, 6) is -0.115. The topological polar surface area (TPSA) is 87.1 Å². The number of aryl methyl sites for hydroxylation is 2. The van der Waals surface area contributed by atoms with Gasteiger partial charge < -0.3 is 19.8 Å². The van der Waals surface area contributed by atoms with Gasteiger partial charge in [0.15, 0.2) is 0 Å². The van der Waals surface area contributed by atoms with Gasteiger partial charge in [0, 0.05) is 30.1 Å². The van der Waals surface area contributed by atoms with E-state index in [2.05, 4.69) is 38.1 Å². The standard InChI is InChI=1S/C16H23NO.C13H20O4S/c1-2-3-4-5-7-14-9-11-15(12-10-14)17-13-6-8-16(17)18;1-2-4-11-6-7-12(18-11)13(16)17-9-10(15)5-3-8-14/h9-12H,2-8,13H2,1H3;6-7,10,14-15H,2-5,8-9H2,1H3. The average molecular weight is 518 g/mol. The molecule has 1 aliphatic heterocycles. The van der Waals surface area contributed by atoms with Crippen molar-refractivity contribution in [3.8, 4) is 0 Å². The SMILES string of the molecule is CCCCCCc1ccc(N2CCCC2=O)cc1.CCCc1ccc(C(=O)OCC(O)CCCO)s1. The molecule has 6 nitrogen and oxygen atoms in total. The number of aliphatic hydroxyl groups excluding tert-OH is 2. The van der Waals surface area contributed by atoms with Gasteiger partial charge >= 0.3 is 5.97 Å². The summed E-state index contributed by atoms with van der Waals surface area (Å²) in [6, 6.07) is 12.2. The number of esters is 1. The lowest BCUT2D eigenvalue weighted by molar-refractivity contribution is -0.117. The highest BCUT2D eigenvalue weighted by Crippen LogP contribution is 2.22. The maximum atomic E-state index is 11.7. The van der Waals surface area contributed by atoms with Crippen LogP contribution in [0.5, 0.6) is 0 Å². The van der Waals surface area contributed by atoms with E-state index in [1.54, 1.807) is 6.07 Å². The fraction of sp³-hybridized carbons (Fsp3) is 0.586. The minimum absolute atomic E-state index is 0.0140. The number of aliphatic hydroxyl groups is 2. The van der Waals surface area contributed by atoms with Gasteiger partial charge in [-0.05, 0) is 68.4 Å². The van der Waals surface area contributed by atoms with Crippen molar-refractivity contribution in [1.82, 2.24) is 0 Å². The second-order valence-corrected chi connectivity index (χ2v) is 10.4. The van der Waals surface area contributed by atoms with Crippen molar-refractivity contribution in [3.63, 3.8) is 0 Å². The molecule has 1 aliphatic rings. The Labute approximate surface area is 220 Å². The second kappa shape index (κ2) is 17.3.